The van der Waals surface area contributed by atoms with Crippen molar-refractivity contribution >= 4 is 0 Å². The van der Waals surface area contributed by atoms with Crippen molar-refractivity contribution in [2.45, 2.75) is 183 Å². The summed E-state index contributed by atoms with van der Waals surface area (Å²) in [7, 11) is 7.49. The van der Waals surface area contributed by atoms with Crippen LogP contribution in [0.15, 0.2) is 146 Å². The van der Waals surface area contributed by atoms with Crippen LogP contribution in [-0.4, -0.2) is 75.0 Å². The van der Waals surface area contributed by atoms with Crippen LogP contribution in [0.4, 0.5) is 0 Å². The van der Waals surface area contributed by atoms with Crippen molar-refractivity contribution in [3.8, 4) is 46.0 Å². The molecule has 0 saturated carbocycles. The molecule has 0 N–H and O–H groups in total. The summed E-state index contributed by atoms with van der Waals surface area (Å²) >= 11 is 0. The third-order valence-electron chi connectivity index (χ3n) is 22.4. The maximum Gasteiger partial charge on any atom is 0.142 e. The Kier molecular flexibility index (Phi) is 21.3. The maximum atomic E-state index is 7.54. The molecule has 8 aromatic rings. The highest BCUT2D eigenvalue weighted by atomic mass is 16.5. The van der Waals surface area contributed by atoms with Crippen molar-refractivity contribution in [2.75, 3.05) is 55.4 Å². The molecule has 1 aliphatic carbocycles. The molecule has 4 aliphatic heterocycles. The number of rotatable bonds is 20. The first-order valence-electron chi connectivity index (χ1n) is 37.0. The van der Waals surface area contributed by atoms with Crippen molar-refractivity contribution < 1.29 is 37.9 Å². The smallest absolute Gasteiger partial charge is 0.142 e. The number of benzene rings is 8. The molecule has 4 heterocycles. The molecule has 0 fully saturated rings. The second kappa shape index (κ2) is 30.3. The molecule has 12 nitrogen and oxygen atoms in total. The van der Waals surface area contributed by atoms with E-state index in [4.69, 9.17) is 37.9 Å². The van der Waals surface area contributed by atoms with Gasteiger partial charge in [-0.15, -0.1) is 0 Å². The zero-order valence-electron chi connectivity index (χ0n) is 62.3. The van der Waals surface area contributed by atoms with Crippen molar-refractivity contribution in [3.05, 3.63) is 235 Å². The van der Waals surface area contributed by atoms with Gasteiger partial charge in [-0.3, -0.25) is 19.6 Å². The summed E-state index contributed by atoms with van der Waals surface area (Å²) in [6, 6.07) is 53.6. The zero-order valence-corrected chi connectivity index (χ0v) is 62.3. The fourth-order valence-corrected chi connectivity index (χ4v) is 17.2. The Bertz CT molecular complexity index is 3520. The molecule has 100 heavy (non-hydrogen) atoms. The van der Waals surface area contributed by atoms with Gasteiger partial charge in [-0.05, 0) is 124 Å². The largest absolute Gasteiger partial charge is 0.496 e. The first-order valence-corrected chi connectivity index (χ1v) is 37.0. The quantitative estimate of drug-likeness (QED) is 0.0728. The Morgan fingerprint density at radius 2 is 0.480 bits per heavy atom. The predicted octanol–water partition coefficient (Wildman–Crippen LogP) is 20.4. The van der Waals surface area contributed by atoms with E-state index in [0.29, 0.717) is 53.1 Å². The van der Waals surface area contributed by atoms with Gasteiger partial charge in [-0.2, -0.15) is 0 Å². The van der Waals surface area contributed by atoms with E-state index in [-0.39, 0.29) is 71.5 Å². The fourth-order valence-electron chi connectivity index (χ4n) is 17.2. The number of nitrogens with zero attached hydrogens (tertiary/aromatic N) is 4. The van der Waals surface area contributed by atoms with Gasteiger partial charge in [-0.1, -0.05) is 177 Å². The molecule has 0 aromatic heterocycles. The Labute approximate surface area is 596 Å². The highest BCUT2D eigenvalue weighted by Gasteiger charge is 2.44. The molecule has 0 saturated heterocycles. The second-order valence-corrected chi connectivity index (χ2v) is 30.7. The lowest BCUT2D eigenvalue weighted by Crippen LogP contribution is -2.36. The van der Waals surface area contributed by atoms with Gasteiger partial charge in [0, 0.05) is 119 Å². The minimum absolute atomic E-state index is 0.0416. The van der Waals surface area contributed by atoms with Crippen LogP contribution in [0.3, 0.4) is 0 Å². The summed E-state index contributed by atoms with van der Waals surface area (Å²) in [4.78, 5) is 9.85. The molecule has 0 amide bonds. The van der Waals surface area contributed by atoms with Crippen molar-refractivity contribution in [2.24, 2.45) is 23.7 Å². The Hall–Kier alpha value is -8.00. The van der Waals surface area contributed by atoms with E-state index < -0.39 is 0 Å². The van der Waals surface area contributed by atoms with E-state index in [0.717, 1.165) is 138 Å². The van der Waals surface area contributed by atoms with Gasteiger partial charge in [0.25, 0.3) is 0 Å². The van der Waals surface area contributed by atoms with Gasteiger partial charge in [-0.25, -0.2) is 0 Å². The molecule has 0 radical (unpaired) electrons. The van der Waals surface area contributed by atoms with Crippen LogP contribution in [0.5, 0.6) is 46.0 Å². The Balaban J connectivity index is 1.18. The highest BCUT2D eigenvalue weighted by molar-refractivity contribution is 5.70. The van der Waals surface area contributed by atoms with Crippen molar-refractivity contribution in [1.82, 2.24) is 19.6 Å². The van der Waals surface area contributed by atoms with Gasteiger partial charge >= 0.3 is 0 Å². The Morgan fingerprint density at radius 1 is 0.290 bits per heavy atom. The van der Waals surface area contributed by atoms with E-state index in [1.165, 1.54) is 22.3 Å². The summed E-state index contributed by atoms with van der Waals surface area (Å²) in [6.07, 6.45) is 3.19. The van der Waals surface area contributed by atoms with E-state index in [1.807, 2.05) is 28.4 Å². The fraction of sp³-hybridized carbons (Fsp3) is 0.455. The Morgan fingerprint density at radius 3 is 0.650 bits per heavy atom. The summed E-state index contributed by atoms with van der Waals surface area (Å²) in [5, 5.41) is 0. The monoisotopic (exact) mass is 1350 g/mol. The number of hydrogen-bond acceptors (Lipinski definition) is 12. The zero-order chi connectivity index (χ0) is 70.2. The molecular weight excluding hydrogens is 1240 g/mol. The van der Waals surface area contributed by atoms with E-state index in [1.54, 1.807) is 0 Å². The molecule has 0 spiro atoms. The van der Waals surface area contributed by atoms with E-state index in [9.17, 15) is 0 Å². The van der Waals surface area contributed by atoms with Crippen LogP contribution >= 0.6 is 0 Å². The van der Waals surface area contributed by atoms with Gasteiger partial charge in [0.1, 0.15) is 72.9 Å². The predicted molar refractivity (Wildman–Crippen MR) is 401 cm³/mol. The van der Waals surface area contributed by atoms with Crippen LogP contribution in [0.2, 0.25) is 0 Å². The molecule has 13 rings (SSSR count). The molecular formula is C88H108N4O8. The number of hydrogen-bond donors (Lipinski definition) is 0. The minimum Gasteiger partial charge on any atom is -0.496 e. The average Bonchev–Trinajstić information content (AvgIpc) is 0.725. The summed E-state index contributed by atoms with van der Waals surface area (Å²) in [5.74, 6) is 7.01. The first kappa shape index (κ1) is 70.4. The van der Waals surface area contributed by atoms with Gasteiger partial charge in [0.15, 0.2) is 0 Å². The van der Waals surface area contributed by atoms with E-state index >= 15 is 0 Å². The number of ether oxygens (including phenoxy) is 8. The third-order valence-corrected chi connectivity index (χ3v) is 22.4. The molecule has 528 valence electrons. The van der Waals surface area contributed by atoms with E-state index in [2.05, 4.69) is 248 Å². The number of methoxy groups -OCH3 is 4. The molecule has 8 atom stereocenters. The topological polar surface area (TPSA) is 86.8 Å². The lowest BCUT2D eigenvalue weighted by atomic mass is 9.73. The van der Waals surface area contributed by atoms with Crippen LogP contribution < -0.4 is 37.9 Å². The maximum absolute atomic E-state index is 7.54. The van der Waals surface area contributed by atoms with Gasteiger partial charge < -0.3 is 37.9 Å². The first-order chi connectivity index (χ1) is 48.4. The lowest BCUT2D eigenvalue weighted by molar-refractivity contribution is 0.0580. The third kappa shape index (κ3) is 13.7. The average molecular weight is 1350 g/mol. The van der Waals surface area contributed by atoms with Gasteiger partial charge in [0.2, 0.25) is 0 Å². The van der Waals surface area contributed by atoms with Crippen molar-refractivity contribution in [1.29, 1.82) is 0 Å². The second-order valence-electron chi connectivity index (χ2n) is 30.7. The van der Waals surface area contributed by atoms with Crippen LogP contribution in [0.25, 0.3) is 0 Å². The standard InChI is InChI=1S/C88H108N4O8/c1-53(2)37-65-69-41-74(86-77(81(69)93-13)45-89(50-98-86)57(9)61-29-21-17-22-30-61)67(39-55(5)6)71-43-76(88-79(83(71)95-15)47-91(52-100-88)59(11)63-33-25-19-26-34-63)68(40-56(7)8)72-44-75(87-80(84(72)96-16)48-92(51-99-87)60(12)64-35-27-20-28-36-64)66(38-54(3)4)70-42-73(65)85-78(82(70)94-14)46-90(49-97-85)58(10)62-31-23-18-24-32-62/h17-36,41-44,53-60,65-68H,37-40,45-52H2,1-16H3/t57-,58-,59-,60-,65+,66+,67+,68+/m0/s1. The molecule has 8 aromatic carbocycles. The molecule has 5 aliphatic rings. The van der Waals surface area contributed by atoms with Crippen molar-refractivity contribution in [3.63, 3.8) is 0 Å². The van der Waals surface area contributed by atoms with Crippen LogP contribution in [0.1, 0.15) is 246 Å². The summed E-state index contributed by atoms with van der Waals surface area (Å²) in [6.45, 7) is 32.1. The summed E-state index contributed by atoms with van der Waals surface area (Å²) < 4.78 is 58.6. The van der Waals surface area contributed by atoms with Crippen LogP contribution in [-0.2, 0) is 26.2 Å². The normalized spacial score (nSPS) is 19.8. The highest BCUT2D eigenvalue weighted by Crippen LogP contribution is 2.60. The molecule has 8 bridgehead atoms. The van der Waals surface area contributed by atoms with Crippen LogP contribution in [0, 0.1) is 23.7 Å². The SMILES string of the molecule is COc1c2cc(c3c1CN([C@@H](C)c1ccccc1)CO3)[C@H](CC(C)C)c1cc(c3c(c1OC)CN([C@@H](C)c1ccccc1)CO3)[C@H](CC(C)C)c1cc(c3c(c1OC)CN([C@@H](C)c1ccccc1)CO3)[C@H](CC(C)C)c1cc(c3c(c1OC)CN([C@@H](C)c1ccccc1)CO3)[C@@H]2CC(C)C. The minimum atomic E-state index is -0.229. The van der Waals surface area contributed by atoms with Gasteiger partial charge in [0.05, 0.1) is 50.7 Å². The number of fused-ring (bicyclic) bond motifs is 16. The molecule has 12 heteroatoms. The lowest BCUT2D eigenvalue weighted by Gasteiger charge is -2.41. The molecule has 0 unspecified atom stereocenters. The summed E-state index contributed by atoms with van der Waals surface area (Å²) in [5.41, 5.74) is 18.1.